The Morgan fingerprint density at radius 2 is 2.00 bits per heavy atom. The van der Waals surface area contributed by atoms with Gasteiger partial charge in [-0.05, 0) is 78.7 Å². The molecular formula is C19H25N3O. The molecule has 0 aromatic heterocycles. The first-order valence-corrected chi connectivity index (χ1v) is 8.98. The fourth-order valence-electron chi connectivity index (χ4n) is 6.31. The quantitative estimate of drug-likeness (QED) is 0.367. The Morgan fingerprint density at radius 3 is 2.78 bits per heavy atom. The van der Waals surface area contributed by atoms with Gasteiger partial charge in [-0.15, -0.1) is 0 Å². The number of allylic oxidation sites excluding steroid dienone is 4. The van der Waals surface area contributed by atoms with Crippen LogP contribution in [0.3, 0.4) is 0 Å². The Labute approximate surface area is 137 Å². The molecule has 2 fully saturated rings. The lowest BCUT2D eigenvalue weighted by Gasteiger charge is -2.57. The van der Waals surface area contributed by atoms with E-state index < -0.39 is 0 Å². The van der Waals surface area contributed by atoms with Crippen molar-refractivity contribution in [1.82, 2.24) is 0 Å². The van der Waals surface area contributed by atoms with Crippen LogP contribution in [0.5, 0.6) is 0 Å². The molecule has 0 aromatic rings. The first-order valence-electron chi connectivity index (χ1n) is 8.98. The zero-order chi connectivity index (χ0) is 16.2. The maximum absolute atomic E-state index is 11.8. The molecule has 0 amide bonds. The van der Waals surface area contributed by atoms with Crippen molar-refractivity contribution in [2.45, 2.75) is 58.8 Å². The summed E-state index contributed by atoms with van der Waals surface area (Å²) in [6.07, 6.45) is 11.5. The van der Waals surface area contributed by atoms with Crippen LogP contribution in [-0.2, 0) is 4.79 Å². The van der Waals surface area contributed by atoms with E-state index in [1.165, 1.54) is 18.4 Å². The van der Waals surface area contributed by atoms with E-state index in [4.69, 9.17) is 5.53 Å². The number of ketones is 1. The van der Waals surface area contributed by atoms with Crippen LogP contribution in [0.1, 0.15) is 58.8 Å². The minimum atomic E-state index is 0.0649. The van der Waals surface area contributed by atoms with E-state index in [1.54, 1.807) is 0 Å². The number of fused-ring (bicyclic) bond motifs is 5. The van der Waals surface area contributed by atoms with Crippen LogP contribution in [0.2, 0.25) is 0 Å². The van der Waals surface area contributed by atoms with Gasteiger partial charge in [-0.2, -0.15) is 0 Å². The first-order chi connectivity index (χ1) is 11.0. The average molecular weight is 311 g/mol. The average Bonchev–Trinajstić information content (AvgIpc) is 2.85. The molecule has 0 spiro atoms. The van der Waals surface area contributed by atoms with Crippen LogP contribution < -0.4 is 0 Å². The highest BCUT2D eigenvalue weighted by atomic mass is 16.1. The molecule has 2 saturated carbocycles. The summed E-state index contributed by atoms with van der Waals surface area (Å²) in [6, 6.07) is 0. The summed E-state index contributed by atoms with van der Waals surface area (Å²) >= 11 is 0. The lowest BCUT2D eigenvalue weighted by atomic mass is 9.47. The highest BCUT2D eigenvalue weighted by Gasteiger charge is 2.56. The van der Waals surface area contributed by atoms with E-state index in [1.807, 2.05) is 6.08 Å². The molecule has 0 radical (unpaired) electrons. The Balaban J connectivity index is 1.68. The minimum Gasteiger partial charge on any atom is -0.295 e. The molecule has 4 nitrogen and oxygen atoms in total. The van der Waals surface area contributed by atoms with Crippen molar-refractivity contribution in [3.8, 4) is 0 Å². The molecule has 1 unspecified atom stereocenters. The van der Waals surface area contributed by atoms with Gasteiger partial charge in [0, 0.05) is 17.0 Å². The Bertz CT molecular complexity index is 672. The van der Waals surface area contributed by atoms with Gasteiger partial charge in [0.25, 0.3) is 0 Å². The van der Waals surface area contributed by atoms with Crippen LogP contribution in [-0.4, -0.2) is 5.78 Å². The van der Waals surface area contributed by atoms with Crippen molar-refractivity contribution in [2.75, 3.05) is 0 Å². The number of hydrogen-bond acceptors (Lipinski definition) is 2. The van der Waals surface area contributed by atoms with Crippen molar-refractivity contribution in [3.63, 3.8) is 0 Å². The van der Waals surface area contributed by atoms with Gasteiger partial charge >= 0.3 is 0 Å². The lowest BCUT2D eigenvalue weighted by molar-refractivity contribution is -0.117. The number of hydrogen-bond donors (Lipinski definition) is 0. The summed E-state index contributed by atoms with van der Waals surface area (Å²) < 4.78 is 0. The normalized spacial score (nSPS) is 45.1. The van der Waals surface area contributed by atoms with Gasteiger partial charge in [-0.1, -0.05) is 30.6 Å². The summed E-state index contributed by atoms with van der Waals surface area (Å²) in [5.74, 6) is 2.32. The van der Waals surface area contributed by atoms with Gasteiger partial charge < -0.3 is 0 Å². The van der Waals surface area contributed by atoms with Crippen molar-refractivity contribution in [1.29, 1.82) is 0 Å². The standard InChI is InChI=1S/C19H25N3O/c1-18-9-7-13(23)11-12(18)3-4-14-15-5-6-17(21-22-20)19(15,2)10-8-16(14)18/h6,11,14-16H,3-5,7-10H2,1-2H3/t14-,15+,16+,18-,19?/m0/s1. The van der Waals surface area contributed by atoms with Gasteiger partial charge in [-0.25, -0.2) is 0 Å². The predicted molar refractivity (Wildman–Crippen MR) is 89.3 cm³/mol. The molecule has 0 N–H and O–H groups in total. The molecular weight excluding hydrogens is 286 g/mol. The smallest absolute Gasteiger partial charge is 0.155 e. The fourth-order valence-corrected chi connectivity index (χ4v) is 6.31. The molecule has 0 aromatic carbocycles. The molecule has 4 aliphatic rings. The number of rotatable bonds is 1. The van der Waals surface area contributed by atoms with E-state index in [-0.39, 0.29) is 10.8 Å². The third-order valence-corrected chi connectivity index (χ3v) is 7.65. The molecule has 4 heteroatoms. The summed E-state index contributed by atoms with van der Waals surface area (Å²) in [6.45, 7) is 4.71. The first kappa shape index (κ1) is 15.0. The van der Waals surface area contributed by atoms with Crippen LogP contribution in [0.15, 0.2) is 28.5 Å². The van der Waals surface area contributed by atoms with Crippen LogP contribution in [0.4, 0.5) is 0 Å². The monoisotopic (exact) mass is 311 g/mol. The van der Waals surface area contributed by atoms with Gasteiger partial charge in [-0.3, -0.25) is 4.79 Å². The molecule has 4 rings (SSSR count). The van der Waals surface area contributed by atoms with Crippen molar-refractivity contribution in [2.24, 2.45) is 33.7 Å². The van der Waals surface area contributed by atoms with E-state index in [2.05, 4.69) is 29.9 Å². The lowest BCUT2D eigenvalue weighted by Crippen LogP contribution is -2.49. The molecule has 23 heavy (non-hydrogen) atoms. The zero-order valence-corrected chi connectivity index (χ0v) is 14.1. The molecule has 5 atom stereocenters. The van der Waals surface area contributed by atoms with Crippen molar-refractivity contribution in [3.05, 3.63) is 33.9 Å². The maximum atomic E-state index is 11.8. The zero-order valence-electron chi connectivity index (χ0n) is 14.1. The van der Waals surface area contributed by atoms with Crippen LogP contribution in [0.25, 0.3) is 10.4 Å². The third-order valence-electron chi connectivity index (χ3n) is 7.65. The van der Waals surface area contributed by atoms with Crippen molar-refractivity contribution >= 4 is 5.78 Å². The Hall–Kier alpha value is -1.54. The molecule has 0 heterocycles. The molecule has 0 saturated heterocycles. The number of carbonyl (C=O) groups is 1. The SMILES string of the molecule is CC12CC[C@@H]3[C@@H](CCC4=CC(=O)CC[C@@]43C)[C@H]1CC=C2N=[N+]=[N-]. The highest BCUT2D eigenvalue weighted by Crippen LogP contribution is 2.65. The minimum absolute atomic E-state index is 0.0649. The largest absolute Gasteiger partial charge is 0.295 e. The number of nitrogens with zero attached hydrogens (tertiary/aromatic N) is 3. The topological polar surface area (TPSA) is 65.8 Å². The maximum Gasteiger partial charge on any atom is 0.155 e. The van der Waals surface area contributed by atoms with Crippen molar-refractivity contribution < 1.29 is 4.79 Å². The van der Waals surface area contributed by atoms with Gasteiger partial charge in [0.05, 0.1) is 0 Å². The summed E-state index contributed by atoms with van der Waals surface area (Å²) in [5, 5.41) is 4.01. The van der Waals surface area contributed by atoms with Crippen LogP contribution in [0, 0.1) is 28.6 Å². The van der Waals surface area contributed by atoms with Gasteiger partial charge in [0.2, 0.25) is 0 Å². The van der Waals surface area contributed by atoms with E-state index in [0.29, 0.717) is 30.0 Å². The number of azide groups is 1. The summed E-state index contributed by atoms with van der Waals surface area (Å²) in [7, 11) is 0. The second kappa shape index (κ2) is 4.98. The highest BCUT2D eigenvalue weighted by molar-refractivity contribution is 5.91. The molecule has 4 aliphatic carbocycles. The fraction of sp³-hybridized carbons (Fsp3) is 0.737. The van der Waals surface area contributed by atoms with Crippen LogP contribution >= 0.6 is 0 Å². The van der Waals surface area contributed by atoms with E-state index in [9.17, 15) is 4.79 Å². The van der Waals surface area contributed by atoms with E-state index >= 15 is 0 Å². The molecule has 0 aliphatic heterocycles. The van der Waals surface area contributed by atoms with Gasteiger partial charge in [0.15, 0.2) is 5.78 Å². The second-order valence-electron chi connectivity index (χ2n) is 8.44. The Kier molecular flexibility index (Phi) is 3.25. The number of carbonyl (C=O) groups excluding carboxylic acids is 1. The molecule has 122 valence electrons. The summed E-state index contributed by atoms with van der Waals surface area (Å²) in [5.41, 5.74) is 11.5. The summed E-state index contributed by atoms with van der Waals surface area (Å²) in [4.78, 5) is 14.9. The van der Waals surface area contributed by atoms with E-state index in [0.717, 1.165) is 31.4 Å². The van der Waals surface area contributed by atoms with Gasteiger partial charge in [0.1, 0.15) is 0 Å². The predicted octanol–water partition coefficient (Wildman–Crippen LogP) is 5.32. The molecule has 0 bridgehead atoms. The third kappa shape index (κ3) is 1.97. The second-order valence-corrected chi connectivity index (χ2v) is 8.44. The Morgan fingerprint density at radius 1 is 1.17 bits per heavy atom.